The summed E-state index contributed by atoms with van der Waals surface area (Å²) in [4.78, 5) is 25.8. The maximum atomic E-state index is 11.2. The van der Waals surface area contributed by atoms with Gasteiger partial charge in [0.2, 0.25) is 5.91 Å². The highest BCUT2D eigenvalue weighted by Crippen LogP contribution is 2.31. The SMILES string of the molecule is O=C(O)[C@@H]1C(=O)Nc2ccc(Cl)nc21. The second kappa shape index (κ2) is 2.95. The molecule has 1 aliphatic rings. The largest absolute Gasteiger partial charge is 0.480 e. The molecular formula is C8H5ClN2O3. The lowest BCUT2D eigenvalue weighted by atomic mass is 10.1. The lowest BCUT2D eigenvalue weighted by Crippen LogP contribution is -2.20. The quantitative estimate of drug-likeness (QED) is 0.534. The normalized spacial score (nSPS) is 18.9. The third kappa shape index (κ3) is 1.22. The molecule has 1 amide bonds. The minimum atomic E-state index is -1.25. The Kier molecular flexibility index (Phi) is 1.89. The van der Waals surface area contributed by atoms with Crippen molar-refractivity contribution in [1.29, 1.82) is 0 Å². The van der Waals surface area contributed by atoms with Crippen molar-refractivity contribution in [2.45, 2.75) is 5.92 Å². The molecule has 1 aromatic rings. The van der Waals surface area contributed by atoms with Gasteiger partial charge in [0, 0.05) is 0 Å². The summed E-state index contributed by atoms with van der Waals surface area (Å²) in [6, 6.07) is 3.02. The van der Waals surface area contributed by atoms with Gasteiger partial charge in [-0.1, -0.05) is 11.6 Å². The summed E-state index contributed by atoms with van der Waals surface area (Å²) >= 11 is 5.60. The Morgan fingerprint density at radius 2 is 2.29 bits per heavy atom. The molecule has 2 rings (SSSR count). The lowest BCUT2D eigenvalue weighted by Gasteiger charge is -2.00. The van der Waals surface area contributed by atoms with Crippen LogP contribution in [0.25, 0.3) is 0 Å². The van der Waals surface area contributed by atoms with Gasteiger partial charge in [-0.05, 0) is 12.1 Å². The fourth-order valence-corrected chi connectivity index (χ4v) is 1.49. The van der Waals surface area contributed by atoms with E-state index in [1.165, 1.54) is 12.1 Å². The number of carboxylic acids is 1. The van der Waals surface area contributed by atoms with Gasteiger partial charge in [-0.3, -0.25) is 9.59 Å². The van der Waals surface area contributed by atoms with Crippen molar-refractivity contribution in [2.75, 3.05) is 5.32 Å². The van der Waals surface area contributed by atoms with E-state index in [1.54, 1.807) is 0 Å². The van der Waals surface area contributed by atoms with Gasteiger partial charge in [-0.2, -0.15) is 0 Å². The van der Waals surface area contributed by atoms with Gasteiger partial charge in [0.25, 0.3) is 0 Å². The number of carbonyl (C=O) groups excluding carboxylic acids is 1. The first-order valence-electron chi connectivity index (χ1n) is 3.79. The maximum Gasteiger partial charge on any atom is 0.322 e. The van der Waals surface area contributed by atoms with Crippen LogP contribution in [0.1, 0.15) is 11.6 Å². The molecule has 1 atom stereocenters. The monoisotopic (exact) mass is 212 g/mol. The summed E-state index contributed by atoms with van der Waals surface area (Å²) in [6.07, 6.45) is 0. The molecule has 0 aliphatic carbocycles. The van der Waals surface area contributed by atoms with E-state index in [2.05, 4.69) is 10.3 Å². The number of rotatable bonds is 1. The predicted octanol–water partition coefficient (Wildman–Crippen LogP) is 0.855. The van der Waals surface area contributed by atoms with Crippen LogP contribution in [-0.4, -0.2) is 22.0 Å². The van der Waals surface area contributed by atoms with E-state index >= 15 is 0 Å². The third-order valence-corrected chi connectivity index (χ3v) is 2.14. The number of pyridine rings is 1. The summed E-state index contributed by atoms with van der Waals surface area (Å²) in [5.74, 6) is -3.05. The number of hydrogen-bond donors (Lipinski definition) is 2. The third-order valence-electron chi connectivity index (χ3n) is 1.93. The first kappa shape index (κ1) is 8.96. The topological polar surface area (TPSA) is 79.3 Å². The smallest absolute Gasteiger partial charge is 0.322 e. The number of carbonyl (C=O) groups is 2. The van der Waals surface area contributed by atoms with E-state index in [1.807, 2.05) is 0 Å². The number of aliphatic carboxylic acids is 1. The zero-order valence-corrected chi connectivity index (χ0v) is 7.58. The van der Waals surface area contributed by atoms with Crippen LogP contribution >= 0.6 is 11.6 Å². The molecule has 2 N–H and O–H groups in total. The van der Waals surface area contributed by atoms with Gasteiger partial charge in [0.1, 0.15) is 5.15 Å². The number of hydrogen-bond acceptors (Lipinski definition) is 3. The summed E-state index contributed by atoms with van der Waals surface area (Å²) < 4.78 is 0. The van der Waals surface area contributed by atoms with E-state index in [-0.39, 0.29) is 10.8 Å². The highest BCUT2D eigenvalue weighted by Gasteiger charge is 2.37. The van der Waals surface area contributed by atoms with E-state index in [4.69, 9.17) is 16.7 Å². The van der Waals surface area contributed by atoms with Gasteiger partial charge in [0.05, 0.1) is 11.4 Å². The van der Waals surface area contributed by atoms with Crippen molar-refractivity contribution >= 4 is 29.2 Å². The van der Waals surface area contributed by atoms with Crippen LogP contribution < -0.4 is 5.32 Å². The maximum absolute atomic E-state index is 11.2. The van der Waals surface area contributed by atoms with Crippen LogP contribution in [0.3, 0.4) is 0 Å². The summed E-state index contributed by atoms with van der Waals surface area (Å²) in [6.45, 7) is 0. The second-order valence-corrected chi connectivity index (χ2v) is 3.21. The van der Waals surface area contributed by atoms with E-state index in [0.29, 0.717) is 5.69 Å². The molecule has 1 aliphatic heterocycles. The molecule has 0 saturated heterocycles. The Bertz CT molecular complexity index is 433. The number of amides is 1. The van der Waals surface area contributed by atoms with Crippen molar-refractivity contribution in [2.24, 2.45) is 0 Å². The lowest BCUT2D eigenvalue weighted by molar-refractivity contribution is -0.141. The first-order valence-corrected chi connectivity index (χ1v) is 4.17. The molecule has 0 unspecified atom stereocenters. The molecule has 14 heavy (non-hydrogen) atoms. The van der Waals surface area contributed by atoms with Crippen molar-refractivity contribution in [3.8, 4) is 0 Å². The molecule has 1 aromatic heterocycles. The van der Waals surface area contributed by atoms with Gasteiger partial charge in [-0.15, -0.1) is 0 Å². The van der Waals surface area contributed by atoms with Crippen molar-refractivity contribution < 1.29 is 14.7 Å². The van der Waals surface area contributed by atoms with E-state index in [9.17, 15) is 9.59 Å². The van der Waals surface area contributed by atoms with Gasteiger partial charge in [-0.25, -0.2) is 4.98 Å². The molecule has 5 nitrogen and oxygen atoms in total. The number of aromatic nitrogens is 1. The van der Waals surface area contributed by atoms with Gasteiger partial charge >= 0.3 is 5.97 Å². The molecule has 0 bridgehead atoms. The van der Waals surface area contributed by atoms with E-state index in [0.717, 1.165) is 0 Å². The van der Waals surface area contributed by atoms with Crippen LogP contribution in [0.4, 0.5) is 5.69 Å². The van der Waals surface area contributed by atoms with Gasteiger partial charge in [0.15, 0.2) is 5.92 Å². The minimum Gasteiger partial charge on any atom is -0.480 e. The number of halogens is 1. The predicted molar refractivity (Wildman–Crippen MR) is 48.3 cm³/mol. The second-order valence-electron chi connectivity index (χ2n) is 2.83. The Balaban J connectivity index is 2.55. The Morgan fingerprint density at radius 1 is 1.57 bits per heavy atom. The minimum absolute atomic E-state index is 0.173. The fraction of sp³-hybridized carbons (Fsp3) is 0.125. The Morgan fingerprint density at radius 3 is 2.93 bits per heavy atom. The number of anilines is 1. The highest BCUT2D eigenvalue weighted by atomic mass is 35.5. The average Bonchev–Trinajstić information content (AvgIpc) is 2.40. The van der Waals surface area contributed by atoms with Crippen LogP contribution in [0.15, 0.2) is 12.1 Å². The first-order chi connectivity index (χ1) is 6.59. The molecule has 0 radical (unpaired) electrons. The van der Waals surface area contributed by atoms with Crippen LogP contribution in [-0.2, 0) is 9.59 Å². The highest BCUT2D eigenvalue weighted by molar-refractivity contribution is 6.29. The zero-order chi connectivity index (χ0) is 10.3. The van der Waals surface area contributed by atoms with Crippen molar-refractivity contribution in [3.63, 3.8) is 0 Å². The standard InChI is InChI=1S/C8H5ClN2O3/c9-4-2-1-3-6(11-4)5(8(13)14)7(12)10-3/h1-2,5H,(H,10,12)(H,13,14)/t5-/m0/s1. The van der Waals surface area contributed by atoms with Crippen LogP contribution in [0.5, 0.6) is 0 Å². The number of nitrogens with one attached hydrogen (secondary N) is 1. The average molecular weight is 213 g/mol. The summed E-state index contributed by atoms with van der Waals surface area (Å²) in [5, 5.41) is 11.4. The van der Waals surface area contributed by atoms with Crippen molar-refractivity contribution in [3.05, 3.63) is 23.0 Å². The number of fused-ring (bicyclic) bond motifs is 1. The molecule has 72 valence electrons. The molecule has 0 spiro atoms. The van der Waals surface area contributed by atoms with E-state index < -0.39 is 17.8 Å². The Labute approximate surface area is 83.7 Å². The summed E-state index contributed by atoms with van der Waals surface area (Å²) in [7, 11) is 0. The summed E-state index contributed by atoms with van der Waals surface area (Å²) in [5.41, 5.74) is 0.585. The van der Waals surface area contributed by atoms with Crippen LogP contribution in [0, 0.1) is 0 Å². The zero-order valence-electron chi connectivity index (χ0n) is 6.82. The molecule has 0 aromatic carbocycles. The Hall–Kier alpha value is -1.62. The molecule has 0 saturated carbocycles. The van der Waals surface area contributed by atoms with Crippen molar-refractivity contribution in [1.82, 2.24) is 4.98 Å². The molecule has 2 heterocycles. The molecule has 6 heteroatoms. The molecular weight excluding hydrogens is 208 g/mol. The number of nitrogens with zero attached hydrogens (tertiary/aromatic N) is 1. The fourth-order valence-electron chi connectivity index (χ4n) is 1.33. The number of carboxylic acid groups (broad SMARTS) is 1. The van der Waals surface area contributed by atoms with Crippen LogP contribution in [0.2, 0.25) is 5.15 Å². The molecule has 0 fully saturated rings. The van der Waals surface area contributed by atoms with Gasteiger partial charge < -0.3 is 10.4 Å².